The van der Waals surface area contributed by atoms with Gasteiger partial charge in [-0.1, -0.05) is 17.7 Å². The fourth-order valence-corrected chi connectivity index (χ4v) is 5.73. The highest BCUT2D eigenvalue weighted by atomic mass is 127. The Morgan fingerprint density at radius 3 is 2.19 bits per heavy atom. The molecule has 1 aliphatic rings. The zero-order chi connectivity index (χ0) is 22.9. The monoisotopic (exact) mass is 578 g/mol. The molecule has 1 unspecified atom stereocenters. The zero-order valence-electron chi connectivity index (χ0n) is 17.0. The van der Waals surface area contributed by atoms with E-state index in [4.69, 9.17) is 0 Å². The number of rotatable bonds is 6. The number of halogens is 1. The maximum Gasteiger partial charge on any atom is 0.261 e. The number of hydrogen-bond donors (Lipinski definition) is 1. The fourth-order valence-electron chi connectivity index (χ4n) is 3.25. The van der Waals surface area contributed by atoms with Gasteiger partial charge in [0.2, 0.25) is 11.8 Å². The molecule has 32 heavy (non-hydrogen) atoms. The summed E-state index contributed by atoms with van der Waals surface area (Å²) in [6.45, 7) is 1.89. The number of thioether (sulfide) groups is 1. The average molecular weight is 578 g/mol. The predicted molar refractivity (Wildman–Crippen MR) is 134 cm³/mol. The van der Waals surface area contributed by atoms with E-state index < -0.39 is 15.3 Å². The number of carbonyl (C=O) groups excluding carboxylic acids is 2. The molecule has 9 heteroatoms. The number of carbonyl (C=O) groups is 2. The van der Waals surface area contributed by atoms with E-state index in [9.17, 15) is 18.0 Å². The van der Waals surface area contributed by atoms with Crippen LogP contribution in [0, 0.1) is 10.5 Å². The Bertz CT molecular complexity index is 1260. The van der Waals surface area contributed by atoms with E-state index >= 15 is 0 Å². The number of anilines is 2. The van der Waals surface area contributed by atoms with Gasteiger partial charge in [0.05, 0.1) is 15.8 Å². The van der Waals surface area contributed by atoms with E-state index in [1.165, 1.54) is 16.7 Å². The van der Waals surface area contributed by atoms with Gasteiger partial charge in [-0.3, -0.25) is 14.3 Å². The summed E-state index contributed by atoms with van der Waals surface area (Å²) >= 11 is 3.47. The second kappa shape index (κ2) is 9.24. The number of aryl methyl sites for hydroxylation is 1. The van der Waals surface area contributed by atoms with Crippen LogP contribution in [0.25, 0.3) is 0 Å². The van der Waals surface area contributed by atoms with Gasteiger partial charge in [0.1, 0.15) is 0 Å². The summed E-state index contributed by atoms with van der Waals surface area (Å²) in [6.07, 6.45) is 0.122. The van der Waals surface area contributed by atoms with Crippen molar-refractivity contribution in [2.75, 3.05) is 9.62 Å². The van der Waals surface area contributed by atoms with Crippen molar-refractivity contribution in [3.05, 3.63) is 81.9 Å². The minimum atomic E-state index is -3.69. The molecule has 0 radical (unpaired) electrons. The highest BCUT2D eigenvalue weighted by Crippen LogP contribution is 2.34. The number of hydrogen-bond acceptors (Lipinski definition) is 5. The predicted octanol–water partition coefficient (Wildman–Crippen LogP) is 4.82. The van der Waals surface area contributed by atoms with Crippen molar-refractivity contribution in [3.63, 3.8) is 0 Å². The van der Waals surface area contributed by atoms with Gasteiger partial charge in [-0.15, -0.1) is 11.8 Å². The Labute approximate surface area is 204 Å². The molecule has 1 saturated heterocycles. The summed E-state index contributed by atoms with van der Waals surface area (Å²) < 4.78 is 28.7. The second-order valence-corrected chi connectivity index (χ2v) is 11.5. The highest BCUT2D eigenvalue weighted by molar-refractivity contribution is 14.1. The second-order valence-electron chi connectivity index (χ2n) is 7.30. The first-order chi connectivity index (χ1) is 15.2. The summed E-state index contributed by atoms with van der Waals surface area (Å²) in [5.74, 6) is -0.471. The molecule has 1 atom stereocenters. The number of nitrogens with one attached hydrogen (secondary N) is 1. The van der Waals surface area contributed by atoms with Crippen molar-refractivity contribution < 1.29 is 18.0 Å². The van der Waals surface area contributed by atoms with Gasteiger partial charge in [-0.05, 0) is 90.2 Å². The molecule has 3 aromatic carbocycles. The van der Waals surface area contributed by atoms with Crippen LogP contribution in [0.1, 0.15) is 12.0 Å². The van der Waals surface area contributed by atoms with Crippen LogP contribution in [0.3, 0.4) is 0 Å². The Balaban J connectivity index is 1.43. The lowest BCUT2D eigenvalue weighted by molar-refractivity contribution is -0.121. The first-order valence-electron chi connectivity index (χ1n) is 9.71. The standard InChI is InChI=1S/C23H19IN2O4S2/c1-15-2-12-20(13-3-15)32(29,30)25-17-6-10-19(11-7-17)31-21-14-22(27)26(23(21)28)18-8-4-16(24)5-9-18/h2-13,21,25H,14H2,1H3. The van der Waals surface area contributed by atoms with E-state index in [0.717, 1.165) is 14.0 Å². The third-order valence-corrected chi connectivity index (χ3v) is 8.22. The lowest BCUT2D eigenvalue weighted by Gasteiger charge is -2.15. The Kier molecular flexibility index (Phi) is 6.59. The normalized spacial score (nSPS) is 16.4. The maximum absolute atomic E-state index is 12.8. The quantitative estimate of drug-likeness (QED) is 0.335. The van der Waals surface area contributed by atoms with Gasteiger partial charge in [0, 0.05) is 20.6 Å². The molecule has 0 aliphatic carbocycles. The van der Waals surface area contributed by atoms with Gasteiger partial charge < -0.3 is 0 Å². The van der Waals surface area contributed by atoms with Crippen molar-refractivity contribution in [2.45, 2.75) is 28.4 Å². The molecule has 4 rings (SSSR count). The van der Waals surface area contributed by atoms with Crippen molar-refractivity contribution >= 4 is 67.6 Å². The van der Waals surface area contributed by atoms with Crippen LogP contribution in [0.2, 0.25) is 0 Å². The molecule has 1 aliphatic heterocycles. The topological polar surface area (TPSA) is 83.6 Å². The molecule has 3 aromatic rings. The fraction of sp³-hybridized carbons (Fsp3) is 0.130. The van der Waals surface area contributed by atoms with Crippen LogP contribution in [0.15, 0.2) is 82.6 Å². The Morgan fingerprint density at radius 1 is 0.938 bits per heavy atom. The van der Waals surface area contributed by atoms with Gasteiger partial charge in [-0.25, -0.2) is 13.3 Å². The average Bonchev–Trinajstić information content (AvgIpc) is 3.03. The molecule has 0 spiro atoms. The molecule has 1 N–H and O–H groups in total. The summed E-state index contributed by atoms with van der Waals surface area (Å²) in [5.41, 5.74) is 1.97. The molecule has 6 nitrogen and oxygen atoms in total. The zero-order valence-corrected chi connectivity index (χ0v) is 20.8. The number of amides is 2. The molecule has 1 fully saturated rings. The van der Waals surface area contributed by atoms with Gasteiger partial charge in [0.15, 0.2) is 0 Å². The molecular weight excluding hydrogens is 559 g/mol. The molecule has 2 amide bonds. The number of imide groups is 1. The van der Waals surface area contributed by atoms with Gasteiger partial charge in [0.25, 0.3) is 10.0 Å². The first-order valence-corrected chi connectivity index (χ1v) is 13.2. The molecule has 164 valence electrons. The van der Waals surface area contributed by atoms with Gasteiger partial charge in [-0.2, -0.15) is 0 Å². The van der Waals surface area contributed by atoms with Crippen molar-refractivity contribution in [3.8, 4) is 0 Å². The molecule has 0 saturated carbocycles. The molecule has 0 aromatic heterocycles. The summed E-state index contributed by atoms with van der Waals surface area (Å²) in [5, 5.41) is -0.517. The minimum Gasteiger partial charge on any atom is -0.280 e. The van der Waals surface area contributed by atoms with Crippen LogP contribution < -0.4 is 9.62 Å². The number of nitrogens with zero attached hydrogens (tertiary/aromatic N) is 1. The summed E-state index contributed by atoms with van der Waals surface area (Å²) in [6, 6.07) is 20.6. The minimum absolute atomic E-state index is 0.122. The van der Waals surface area contributed by atoms with Crippen molar-refractivity contribution in [1.29, 1.82) is 0 Å². The Morgan fingerprint density at radius 2 is 1.56 bits per heavy atom. The van der Waals surface area contributed by atoms with E-state index in [1.807, 2.05) is 19.1 Å². The molecule has 1 heterocycles. The van der Waals surface area contributed by atoms with Crippen LogP contribution in [-0.4, -0.2) is 25.5 Å². The van der Waals surface area contributed by atoms with E-state index in [2.05, 4.69) is 27.3 Å². The largest absolute Gasteiger partial charge is 0.280 e. The van der Waals surface area contributed by atoms with E-state index in [-0.39, 0.29) is 23.1 Å². The summed E-state index contributed by atoms with van der Waals surface area (Å²) in [4.78, 5) is 27.5. The van der Waals surface area contributed by atoms with E-state index in [0.29, 0.717) is 11.4 Å². The maximum atomic E-state index is 12.8. The number of sulfonamides is 1. The summed E-state index contributed by atoms with van der Waals surface area (Å²) in [7, 11) is -3.69. The first kappa shape index (κ1) is 22.8. The smallest absolute Gasteiger partial charge is 0.261 e. The van der Waals surface area contributed by atoms with Crippen LogP contribution >= 0.6 is 34.4 Å². The highest BCUT2D eigenvalue weighted by Gasteiger charge is 2.40. The molecular formula is C23H19IN2O4S2. The number of benzene rings is 3. The lowest BCUT2D eigenvalue weighted by Crippen LogP contribution is -2.31. The van der Waals surface area contributed by atoms with Crippen LogP contribution in [0.5, 0.6) is 0 Å². The third-order valence-electron chi connectivity index (χ3n) is 4.91. The van der Waals surface area contributed by atoms with Crippen LogP contribution in [0.4, 0.5) is 11.4 Å². The van der Waals surface area contributed by atoms with Crippen molar-refractivity contribution in [1.82, 2.24) is 0 Å². The third kappa shape index (κ3) is 5.00. The van der Waals surface area contributed by atoms with E-state index in [1.54, 1.807) is 60.7 Å². The Hall–Kier alpha value is -2.37. The van der Waals surface area contributed by atoms with Crippen molar-refractivity contribution in [2.24, 2.45) is 0 Å². The van der Waals surface area contributed by atoms with Gasteiger partial charge >= 0.3 is 0 Å². The molecule has 0 bridgehead atoms. The SMILES string of the molecule is Cc1ccc(S(=O)(=O)Nc2ccc(SC3CC(=O)N(c4ccc(I)cc4)C3=O)cc2)cc1. The van der Waals surface area contributed by atoms with Crippen LogP contribution in [-0.2, 0) is 19.6 Å². The lowest BCUT2D eigenvalue weighted by atomic mass is 10.2.